The third-order valence-corrected chi connectivity index (χ3v) is 3.16. The van der Waals surface area contributed by atoms with Crippen LogP contribution >= 0.6 is 0 Å². The number of anilines is 1. The third-order valence-electron chi connectivity index (χ3n) is 3.16. The van der Waals surface area contributed by atoms with E-state index in [-0.39, 0.29) is 30.4 Å². The van der Waals surface area contributed by atoms with Gasteiger partial charge in [0.1, 0.15) is 18.7 Å². The highest BCUT2D eigenvalue weighted by molar-refractivity contribution is 5.82. The molecule has 0 aromatic carbocycles. The summed E-state index contributed by atoms with van der Waals surface area (Å²) in [7, 11) is 0. The van der Waals surface area contributed by atoms with Crippen LogP contribution in [0.25, 0.3) is 11.2 Å². The van der Waals surface area contributed by atoms with E-state index in [0.29, 0.717) is 5.65 Å². The molecule has 3 rings (SSSR count). The number of hydrogen-bond donors (Lipinski definition) is 4. The maximum Gasteiger partial charge on any atom is 0.298 e. The van der Waals surface area contributed by atoms with Crippen LogP contribution in [0.2, 0.25) is 0 Å². The Bertz CT molecular complexity index is 615. The van der Waals surface area contributed by atoms with Crippen molar-refractivity contribution in [2.45, 2.75) is 24.9 Å². The van der Waals surface area contributed by atoms with Gasteiger partial charge in [0.25, 0.3) is 6.01 Å². The Hall–Kier alpha value is -1.97. The molecule has 1 aliphatic rings. The molecule has 1 fully saturated rings. The maximum absolute atomic E-state index is 9.87. The number of imidazole rings is 1. The second-order valence-electron chi connectivity index (χ2n) is 4.33. The van der Waals surface area contributed by atoms with E-state index in [4.69, 9.17) is 15.6 Å². The minimum atomic E-state index is -0.814. The molecule has 0 saturated carbocycles. The maximum atomic E-state index is 9.87. The van der Waals surface area contributed by atoms with Crippen LogP contribution in [-0.4, -0.2) is 53.7 Å². The predicted octanol–water partition coefficient (Wildman–Crippen LogP) is -1.25. The molecule has 0 radical (unpaired) electrons. The molecule has 0 aliphatic carbocycles. The molecule has 19 heavy (non-hydrogen) atoms. The van der Waals surface area contributed by atoms with Crippen molar-refractivity contribution in [1.82, 2.24) is 19.5 Å². The van der Waals surface area contributed by atoms with Gasteiger partial charge in [0, 0.05) is 6.42 Å². The first-order chi connectivity index (χ1) is 9.11. The lowest BCUT2D eigenvalue weighted by molar-refractivity contribution is -0.0450. The molecule has 9 nitrogen and oxygen atoms in total. The largest absolute Gasteiger partial charge is 0.480 e. The third kappa shape index (κ3) is 1.79. The summed E-state index contributed by atoms with van der Waals surface area (Å²) in [4.78, 5) is 11.7. The fourth-order valence-corrected chi connectivity index (χ4v) is 2.22. The topological polar surface area (TPSA) is 140 Å². The van der Waals surface area contributed by atoms with Crippen molar-refractivity contribution in [3.63, 3.8) is 0 Å². The standard InChI is InChI=1S/C10H13N5O4/c11-8-7-9(13-3-12-8)15(10(18)14-7)6-1-4(17)5(2-16)19-6/h3-6,16-17H,1-2H2,(H,14,18)(H2,11,12,13)/t4-,5?,6-/m1/s1. The molecule has 0 amide bonds. The van der Waals surface area contributed by atoms with Gasteiger partial charge in [-0.1, -0.05) is 0 Å². The summed E-state index contributed by atoms with van der Waals surface area (Å²) in [5.41, 5.74) is 6.24. The van der Waals surface area contributed by atoms with Crippen LogP contribution in [0.5, 0.6) is 6.01 Å². The van der Waals surface area contributed by atoms with E-state index in [0.717, 1.165) is 0 Å². The van der Waals surface area contributed by atoms with E-state index in [1.54, 1.807) is 0 Å². The Labute approximate surface area is 107 Å². The molecule has 5 N–H and O–H groups in total. The van der Waals surface area contributed by atoms with Crippen LogP contribution in [0.3, 0.4) is 0 Å². The van der Waals surface area contributed by atoms with Gasteiger partial charge in [-0.25, -0.2) is 9.97 Å². The van der Waals surface area contributed by atoms with Crippen molar-refractivity contribution in [1.29, 1.82) is 0 Å². The average Bonchev–Trinajstić information content (AvgIpc) is 2.90. The summed E-state index contributed by atoms with van der Waals surface area (Å²) in [6.45, 7) is -0.303. The van der Waals surface area contributed by atoms with Crippen molar-refractivity contribution < 1.29 is 20.1 Å². The molecular formula is C10H13N5O4. The second kappa shape index (κ2) is 4.30. The van der Waals surface area contributed by atoms with Crippen molar-refractivity contribution in [3.8, 4) is 6.01 Å². The second-order valence-corrected chi connectivity index (χ2v) is 4.33. The smallest absolute Gasteiger partial charge is 0.298 e. The summed E-state index contributed by atoms with van der Waals surface area (Å²) >= 11 is 0. The number of aromatic hydroxyl groups is 1. The lowest BCUT2D eigenvalue weighted by Crippen LogP contribution is -2.24. The molecule has 3 atom stereocenters. The van der Waals surface area contributed by atoms with E-state index >= 15 is 0 Å². The molecule has 1 unspecified atom stereocenters. The van der Waals surface area contributed by atoms with E-state index in [1.165, 1.54) is 10.9 Å². The van der Waals surface area contributed by atoms with Gasteiger partial charge in [-0.2, -0.15) is 4.98 Å². The van der Waals surface area contributed by atoms with Crippen LogP contribution in [0.1, 0.15) is 12.6 Å². The van der Waals surface area contributed by atoms with Gasteiger partial charge in [-0.3, -0.25) is 4.57 Å². The zero-order valence-electron chi connectivity index (χ0n) is 9.84. The number of fused-ring (bicyclic) bond motifs is 1. The van der Waals surface area contributed by atoms with Gasteiger partial charge in [-0.15, -0.1) is 0 Å². The number of nitrogens with zero attached hydrogens (tertiary/aromatic N) is 4. The van der Waals surface area contributed by atoms with Gasteiger partial charge in [0.2, 0.25) is 0 Å². The van der Waals surface area contributed by atoms with E-state index in [9.17, 15) is 10.2 Å². The first-order valence-corrected chi connectivity index (χ1v) is 5.73. The Kier molecular flexibility index (Phi) is 2.73. The summed E-state index contributed by atoms with van der Waals surface area (Å²) in [6, 6.07) is -0.321. The van der Waals surface area contributed by atoms with Gasteiger partial charge in [0.15, 0.2) is 17.0 Å². The fraction of sp³-hybridized carbons (Fsp3) is 0.500. The Balaban J connectivity index is 2.06. The number of aliphatic hydroxyl groups excluding tert-OH is 2. The quantitative estimate of drug-likeness (QED) is 0.529. The van der Waals surface area contributed by atoms with E-state index in [2.05, 4.69) is 15.0 Å². The first kappa shape index (κ1) is 12.1. The number of aliphatic hydroxyl groups is 2. The normalized spacial score (nSPS) is 27.2. The summed E-state index contributed by atoms with van der Waals surface area (Å²) in [5.74, 6) is 0.149. The van der Waals surface area contributed by atoms with Crippen LogP contribution in [0.15, 0.2) is 6.33 Å². The number of ether oxygens (including phenoxy) is 1. The number of hydrogen-bond acceptors (Lipinski definition) is 8. The predicted molar refractivity (Wildman–Crippen MR) is 63.0 cm³/mol. The van der Waals surface area contributed by atoms with Crippen molar-refractivity contribution in [3.05, 3.63) is 6.33 Å². The average molecular weight is 267 g/mol. The lowest BCUT2D eigenvalue weighted by Gasteiger charge is -2.14. The molecule has 9 heteroatoms. The molecule has 0 spiro atoms. The van der Waals surface area contributed by atoms with E-state index in [1.807, 2.05) is 0 Å². The Morgan fingerprint density at radius 2 is 2.26 bits per heavy atom. The van der Waals surface area contributed by atoms with Crippen LogP contribution in [-0.2, 0) is 4.74 Å². The van der Waals surface area contributed by atoms with Gasteiger partial charge in [0.05, 0.1) is 12.7 Å². The van der Waals surface area contributed by atoms with Crippen LogP contribution < -0.4 is 5.73 Å². The zero-order valence-corrected chi connectivity index (χ0v) is 9.84. The molecule has 0 bridgehead atoms. The minimum absolute atomic E-state index is 0.149. The van der Waals surface area contributed by atoms with Gasteiger partial charge < -0.3 is 25.8 Å². The SMILES string of the molecule is Nc1ncnc2c1nc(O)n2[C@H]1C[C@@H](O)C(CO)O1. The highest BCUT2D eigenvalue weighted by Gasteiger charge is 2.36. The van der Waals surface area contributed by atoms with E-state index < -0.39 is 18.4 Å². The van der Waals surface area contributed by atoms with Crippen LogP contribution in [0, 0.1) is 0 Å². The molecule has 1 aliphatic heterocycles. The minimum Gasteiger partial charge on any atom is -0.480 e. The van der Waals surface area contributed by atoms with Crippen molar-refractivity contribution in [2.24, 2.45) is 0 Å². The zero-order chi connectivity index (χ0) is 13.6. The van der Waals surface area contributed by atoms with Crippen molar-refractivity contribution in [2.75, 3.05) is 12.3 Å². The summed E-state index contributed by atoms with van der Waals surface area (Å²) < 4.78 is 6.78. The monoisotopic (exact) mass is 267 g/mol. The summed E-state index contributed by atoms with van der Waals surface area (Å²) in [6.07, 6.45) is -0.697. The first-order valence-electron chi connectivity index (χ1n) is 5.73. The molecular weight excluding hydrogens is 254 g/mol. The molecule has 3 heterocycles. The molecule has 2 aromatic heterocycles. The number of nitrogen functional groups attached to an aromatic ring is 1. The summed E-state index contributed by atoms with van der Waals surface area (Å²) in [5, 5.41) is 28.6. The Morgan fingerprint density at radius 3 is 2.95 bits per heavy atom. The van der Waals surface area contributed by atoms with Gasteiger partial charge in [-0.05, 0) is 0 Å². The number of nitrogens with two attached hydrogens (primary N) is 1. The lowest BCUT2D eigenvalue weighted by atomic mass is 10.2. The van der Waals surface area contributed by atoms with Gasteiger partial charge >= 0.3 is 0 Å². The molecule has 102 valence electrons. The number of rotatable bonds is 2. The Morgan fingerprint density at radius 1 is 1.47 bits per heavy atom. The van der Waals surface area contributed by atoms with Crippen molar-refractivity contribution >= 4 is 17.0 Å². The fourth-order valence-electron chi connectivity index (χ4n) is 2.22. The van der Waals surface area contributed by atoms with Crippen LogP contribution in [0.4, 0.5) is 5.82 Å². The highest BCUT2D eigenvalue weighted by Crippen LogP contribution is 2.34. The number of aromatic nitrogens is 4. The molecule has 2 aromatic rings. The highest BCUT2D eigenvalue weighted by atomic mass is 16.5. The molecule has 1 saturated heterocycles.